The van der Waals surface area contributed by atoms with E-state index in [1.165, 1.54) is 6.92 Å². The monoisotopic (exact) mass is 616 g/mol. The first-order chi connectivity index (χ1) is 18.6. The van der Waals surface area contributed by atoms with Crippen LogP contribution in [-0.2, 0) is 38.7 Å². The summed E-state index contributed by atoms with van der Waals surface area (Å²) in [7, 11) is 0. The molecule has 229 valence electrons. The summed E-state index contributed by atoms with van der Waals surface area (Å²) in [6, 6.07) is 9.58. The second-order valence-electron chi connectivity index (χ2n) is 14.7. The summed E-state index contributed by atoms with van der Waals surface area (Å²) in [6.07, 6.45) is 7.46. The molecular weight excluding hydrogens is 570 g/mol. The summed E-state index contributed by atoms with van der Waals surface area (Å²) in [6.45, 7) is 26.5. The van der Waals surface area contributed by atoms with E-state index in [0.717, 1.165) is 22.3 Å². The normalized spacial score (nSPS) is 15.6. The number of nitriles is 1. The van der Waals surface area contributed by atoms with Crippen LogP contribution in [0.15, 0.2) is 58.6 Å². The van der Waals surface area contributed by atoms with Crippen LogP contribution < -0.4 is 10.2 Å². The maximum Gasteiger partial charge on any atom is 2.00 e. The first-order valence-electron chi connectivity index (χ1n) is 14.2. The first kappa shape index (κ1) is 36.9. The molecule has 1 aliphatic carbocycles. The van der Waals surface area contributed by atoms with Gasteiger partial charge in [-0.05, 0) is 68.2 Å². The minimum absolute atomic E-state index is 0. The van der Waals surface area contributed by atoms with E-state index in [0.29, 0.717) is 22.8 Å². The molecule has 0 unspecified atom stereocenters. The zero-order valence-electron chi connectivity index (χ0n) is 27.6. The Labute approximate surface area is 264 Å². The summed E-state index contributed by atoms with van der Waals surface area (Å²) >= 11 is 0. The van der Waals surface area contributed by atoms with Crippen LogP contribution in [0.25, 0.3) is 0 Å². The summed E-state index contributed by atoms with van der Waals surface area (Å²) in [5.74, 6) is -0.149. The number of hydrogen-bond donors (Lipinski definition) is 0. The molecule has 0 spiro atoms. The Kier molecular flexibility index (Phi) is 11.8. The third-order valence-electron chi connectivity index (χ3n) is 6.85. The van der Waals surface area contributed by atoms with E-state index < -0.39 is 0 Å². The number of allylic oxidation sites excluding steroid dienone is 4. The number of nitrogens with zero attached hydrogens (tertiary/aromatic N) is 3. The van der Waals surface area contributed by atoms with Gasteiger partial charge in [0.15, 0.2) is 0 Å². The van der Waals surface area contributed by atoms with Crippen molar-refractivity contribution in [3.05, 3.63) is 70.8 Å². The third kappa shape index (κ3) is 9.18. The van der Waals surface area contributed by atoms with Crippen LogP contribution in [0.5, 0.6) is 11.5 Å². The predicted octanol–water partition coefficient (Wildman–Crippen LogP) is 8.52. The maximum absolute atomic E-state index is 13.6. The van der Waals surface area contributed by atoms with Crippen LogP contribution >= 0.6 is 0 Å². The zero-order valence-corrected chi connectivity index (χ0v) is 28.5. The Morgan fingerprint density at radius 2 is 0.857 bits per heavy atom. The van der Waals surface area contributed by atoms with Crippen molar-refractivity contribution in [1.29, 1.82) is 5.26 Å². The fourth-order valence-electron chi connectivity index (χ4n) is 4.29. The van der Waals surface area contributed by atoms with E-state index in [1.807, 2.05) is 90.1 Å². The van der Waals surface area contributed by atoms with Crippen LogP contribution in [0, 0.1) is 11.3 Å². The van der Waals surface area contributed by atoms with E-state index >= 15 is 0 Å². The van der Waals surface area contributed by atoms with Crippen LogP contribution in [0.3, 0.4) is 0 Å². The van der Waals surface area contributed by atoms with E-state index in [4.69, 9.17) is 15.2 Å². The molecule has 0 atom stereocenters. The van der Waals surface area contributed by atoms with Gasteiger partial charge in [0, 0.05) is 6.92 Å². The molecule has 3 rings (SSSR count). The number of hydrogen-bond acceptors (Lipinski definition) is 5. The van der Waals surface area contributed by atoms with Gasteiger partial charge < -0.3 is 10.2 Å². The van der Waals surface area contributed by atoms with Crippen molar-refractivity contribution in [3.8, 4) is 17.6 Å². The second-order valence-corrected chi connectivity index (χ2v) is 14.7. The fraction of sp³-hybridized carbons (Fsp3) is 0.472. The number of rotatable bonds is 2. The molecule has 0 N–H and O–H groups in total. The van der Waals surface area contributed by atoms with E-state index in [2.05, 4.69) is 41.5 Å². The maximum atomic E-state index is 13.6. The van der Waals surface area contributed by atoms with Gasteiger partial charge in [0.1, 0.15) is 0 Å². The van der Waals surface area contributed by atoms with Crippen molar-refractivity contribution in [3.63, 3.8) is 0 Å². The molecule has 0 aromatic heterocycles. The van der Waals surface area contributed by atoms with Crippen molar-refractivity contribution in [2.75, 3.05) is 0 Å². The van der Waals surface area contributed by atoms with Gasteiger partial charge in [-0.25, -0.2) is 9.98 Å². The molecule has 1 radical (unpaired) electrons. The van der Waals surface area contributed by atoms with Gasteiger partial charge in [0.05, 0.1) is 28.9 Å². The molecule has 0 fully saturated rings. The van der Waals surface area contributed by atoms with Crippen molar-refractivity contribution >= 4 is 22.8 Å². The fourth-order valence-corrected chi connectivity index (χ4v) is 4.29. The smallest absolute Gasteiger partial charge is 0.871 e. The minimum atomic E-state index is -0.319. The summed E-state index contributed by atoms with van der Waals surface area (Å²) in [4.78, 5) is 9.70. The number of benzene rings is 2. The van der Waals surface area contributed by atoms with Crippen LogP contribution in [-0.4, -0.2) is 11.4 Å². The quantitative estimate of drug-likeness (QED) is 0.250. The first-order valence-corrected chi connectivity index (χ1v) is 14.2. The van der Waals surface area contributed by atoms with Gasteiger partial charge in [0.2, 0.25) is 0 Å². The molecule has 0 aliphatic heterocycles. The minimum Gasteiger partial charge on any atom is -0.871 e. The average Bonchev–Trinajstić information content (AvgIpc) is 2.80. The Balaban J connectivity index is 0.00000211. The van der Waals surface area contributed by atoms with Gasteiger partial charge in [-0.1, -0.05) is 119 Å². The van der Waals surface area contributed by atoms with Crippen LogP contribution in [0.4, 0.5) is 11.4 Å². The summed E-state index contributed by atoms with van der Waals surface area (Å²) in [5, 5.41) is 34.4. The molecule has 2 aromatic carbocycles. The van der Waals surface area contributed by atoms with Crippen LogP contribution in [0.1, 0.15) is 112 Å². The Hall–Kier alpha value is -3.13. The van der Waals surface area contributed by atoms with Crippen molar-refractivity contribution in [1.82, 2.24) is 0 Å². The van der Waals surface area contributed by atoms with E-state index in [1.54, 1.807) is 6.07 Å². The largest absolute Gasteiger partial charge is 2.00 e. The Bertz CT molecular complexity index is 1340. The van der Waals surface area contributed by atoms with Gasteiger partial charge in [0.25, 0.3) is 0 Å². The second kappa shape index (κ2) is 13.4. The molecule has 42 heavy (non-hydrogen) atoms. The van der Waals surface area contributed by atoms with Gasteiger partial charge >= 0.3 is 17.1 Å². The molecule has 0 amide bonds. The zero-order chi connectivity index (χ0) is 31.6. The molecule has 0 saturated heterocycles. The topological polar surface area (TPSA) is 94.6 Å². The van der Waals surface area contributed by atoms with Crippen molar-refractivity contribution in [2.24, 2.45) is 9.98 Å². The van der Waals surface area contributed by atoms with Crippen LogP contribution in [0.2, 0.25) is 0 Å². The Morgan fingerprint density at radius 1 is 0.571 bits per heavy atom. The average molecular weight is 617 g/mol. The van der Waals surface area contributed by atoms with E-state index in [-0.39, 0.29) is 50.2 Å². The van der Waals surface area contributed by atoms with Crippen molar-refractivity contribution in [2.45, 2.75) is 112 Å². The van der Waals surface area contributed by atoms with Crippen molar-refractivity contribution < 1.29 is 27.3 Å². The number of aliphatic imine (C=N–C) groups is 2. The van der Waals surface area contributed by atoms with Gasteiger partial charge in [-0.3, -0.25) is 0 Å². The van der Waals surface area contributed by atoms with E-state index in [9.17, 15) is 10.2 Å². The Morgan fingerprint density at radius 3 is 1.10 bits per heavy atom. The SMILES string of the molecule is CC#N.CC(C)(C)c1cc(N=C2C=CC=CC2=Nc2cc(C(C)(C)C)cc(C(C)(C)C)c2[O-])c([O-])c(C(C)(C)C)c1.[Cu+2]. The molecule has 0 saturated carbocycles. The molecule has 0 bridgehead atoms. The third-order valence-corrected chi connectivity index (χ3v) is 6.85. The predicted molar refractivity (Wildman–Crippen MR) is 170 cm³/mol. The standard InChI is InChI=1S/C34H46N2O2.C2H3N.Cu/c1-31(2,3)21-17-23(33(7,8)9)29(37)27(19-21)35-25-15-13-14-16-26(25)36-28-20-22(32(4,5)6)18-24(30(28)38)34(10,11)12;1-2-3;/h13-20,37-38H,1-12H3;1H3;/q;;+2/p-2. The molecule has 6 heteroatoms. The van der Waals surface area contributed by atoms with Gasteiger partial charge in [-0.2, -0.15) is 5.26 Å². The summed E-state index contributed by atoms with van der Waals surface area (Å²) < 4.78 is 0. The molecule has 5 nitrogen and oxygen atoms in total. The molecule has 2 aromatic rings. The molecular formula is C36H47CuN3O2. The summed E-state index contributed by atoms with van der Waals surface area (Å²) in [5.41, 5.74) is 4.60. The molecule has 1 aliphatic rings. The molecule has 0 heterocycles. The van der Waals surface area contributed by atoms with Gasteiger partial charge in [-0.15, -0.1) is 0 Å².